The number of fused-ring (bicyclic) bond motifs is 4. The number of phenols is 1. The molecule has 5 aromatic rings. The van der Waals surface area contributed by atoms with Crippen LogP contribution in [-0.4, -0.2) is 47.4 Å². The molecule has 57 heavy (non-hydrogen) atoms. The maximum atomic E-state index is 14.6. The smallest absolute Gasteiger partial charge is 0.238 e. The number of ketones is 2. The summed E-state index contributed by atoms with van der Waals surface area (Å²) in [5.41, 5.74) is 3.59. The van der Waals surface area contributed by atoms with E-state index in [0.717, 1.165) is 10.5 Å². The summed E-state index contributed by atoms with van der Waals surface area (Å²) in [5, 5.41) is 11.3. The lowest BCUT2D eigenvalue weighted by Gasteiger charge is -2.44. The molecule has 2 aliphatic carbocycles. The van der Waals surface area contributed by atoms with Gasteiger partial charge in [-0.1, -0.05) is 72.3 Å². The van der Waals surface area contributed by atoms with Crippen LogP contribution in [0.2, 0.25) is 0 Å². The van der Waals surface area contributed by atoms with Gasteiger partial charge in [0, 0.05) is 33.7 Å². The van der Waals surface area contributed by atoms with Crippen molar-refractivity contribution in [2.24, 2.45) is 29.6 Å². The minimum absolute atomic E-state index is 0.0914. The van der Waals surface area contributed by atoms with E-state index in [1.54, 1.807) is 109 Å². The summed E-state index contributed by atoms with van der Waals surface area (Å²) in [6.07, 6.45) is 2.28. The van der Waals surface area contributed by atoms with Gasteiger partial charge in [0.05, 0.1) is 42.2 Å². The number of methoxy groups -OCH3 is 1. The summed E-state index contributed by atoms with van der Waals surface area (Å²) >= 11 is 0. The van der Waals surface area contributed by atoms with Crippen LogP contribution in [0.25, 0.3) is 0 Å². The highest BCUT2D eigenvalue weighted by molar-refractivity contribution is 6.24. The Balaban J connectivity index is 1.06. The predicted molar refractivity (Wildman–Crippen MR) is 210 cm³/mol. The highest BCUT2D eigenvalue weighted by Gasteiger charge is 2.62. The predicted octanol–water partition coefficient (Wildman–Crippen LogP) is 6.91. The molecule has 10 nitrogen and oxygen atoms in total. The van der Waals surface area contributed by atoms with Crippen LogP contribution in [0.4, 0.5) is 11.4 Å². The molecule has 9 rings (SSSR count). The van der Waals surface area contributed by atoms with E-state index >= 15 is 0 Å². The molecule has 4 amide bonds. The highest BCUT2D eigenvalue weighted by atomic mass is 16.5. The second kappa shape index (κ2) is 14.0. The molecule has 0 radical (unpaired) electrons. The fourth-order valence-electron chi connectivity index (χ4n) is 9.39. The molecule has 2 aliphatic heterocycles. The van der Waals surface area contributed by atoms with Crippen LogP contribution in [0.5, 0.6) is 11.5 Å². The summed E-state index contributed by atoms with van der Waals surface area (Å²) in [6.45, 7) is 0. The van der Waals surface area contributed by atoms with Crippen molar-refractivity contribution >= 4 is 46.6 Å². The Bertz CT molecular complexity index is 2510. The maximum Gasteiger partial charge on any atom is 0.238 e. The van der Waals surface area contributed by atoms with Gasteiger partial charge < -0.3 is 9.84 Å². The molecule has 0 unspecified atom stereocenters. The molecule has 0 aromatic heterocycles. The number of anilines is 2. The number of ether oxygens (including phenoxy) is 1. The van der Waals surface area contributed by atoms with Crippen LogP contribution in [0.1, 0.15) is 56.2 Å². The Morgan fingerprint density at radius 1 is 0.579 bits per heavy atom. The van der Waals surface area contributed by atoms with Gasteiger partial charge in [0.2, 0.25) is 23.6 Å². The number of rotatable bonds is 8. The van der Waals surface area contributed by atoms with Crippen molar-refractivity contribution in [3.8, 4) is 11.5 Å². The lowest BCUT2D eigenvalue weighted by molar-refractivity contribution is -0.126. The van der Waals surface area contributed by atoms with E-state index in [2.05, 4.69) is 0 Å². The normalized spacial score (nSPS) is 23.8. The number of carbonyl (C=O) groups is 6. The Morgan fingerprint density at radius 2 is 1.07 bits per heavy atom. The number of nitrogens with zero attached hydrogens (tertiary/aromatic N) is 2. The van der Waals surface area contributed by atoms with E-state index < -0.39 is 53.2 Å². The lowest BCUT2D eigenvalue weighted by atomic mass is 9.57. The molecule has 3 fully saturated rings. The molecule has 1 N–H and O–H groups in total. The Kier molecular flexibility index (Phi) is 8.76. The third-order valence-electron chi connectivity index (χ3n) is 12.1. The number of hydrogen-bond donors (Lipinski definition) is 1. The van der Waals surface area contributed by atoms with Crippen LogP contribution in [-0.2, 0) is 19.2 Å². The van der Waals surface area contributed by atoms with Crippen LogP contribution in [0.3, 0.4) is 0 Å². The molecule has 282 valence electrons. The lowest BCUT2D eigenvalue weighted by Crippen LogP contribution is -2.43. The second-order valence-corrected chi connectivity index (χ2v) is 15.0. The van der Waals surface area contributed by atoms with Gasteiger partial charge in [-0.3, -0.25) is 38.6 Å². The molecule has 10 heteroatoms. The minimum atomic E-state index is -0.918. The molecular weight excluding hydrogens is 721 g/mol. The first-order valence-electron chi connectivity index (χ1n) is 18.9. The fraction of sp³-hybridized carbons (Fsp3) is 0.191. The minimum Gasteiger partial charge on any atom is -0.508 e. The largest absolute Gasteiger partial charge is 0.508 e. The molecule has 0 spiro atoms. The number of phenolic OH excluding ortho intramolecular Hbond substituents is 1. The van der Waals surface area contributed by atoms with Gasteiger partial charge in [-0.05, 0) is 85.5 Å². The SMILES string of the molecule is COc1ccc(O)c([C@H]2C3=CC[C@@H]4C(=O)N(c5ccc(C(=O)c6ccccc6)cc5)C(=O)[C@@H]4[C@@H]3C[C@H]3C(=O)N(c4ccc(C(=O)c5ccccc5)cc4)C(=O)[C@@H]23)c1. The van der Waals surface area contributed by atoms with E-state index in [-0.39, 0.29) is 36.1 Å². The average Bonchev–Trinajstić information content (AvgIpc) is 3.66. The first-order valence-corrected chi connectivity index (χ1v) is 18.9. The van der Waals surface area contributed by atoms with Gasteiger partial charge in [-0.25, -0.2) is 0 Å². The number of allylic oxidation sites excluding steroid dienone is 2. The zero-order valence-electron chi connectivity index (χ0n) is 30.8. The van der Waals surface area contributed by atoms with E-state index in [4.69, 9.17) is 4.74 Å². The summed E-state index contributed by atoms with van der Waals surface area (Å²) in [7, 11) is 1.49. The molecule has 4 aliphatic rings. The third kappa shape index (κ3) is 5.78. The Labute approximate surface area is 328 Å². The Hall–Kier alpha value is -6.94. The van der Waals surface area contributed by atoms with Crippen molar-refractivity contribution in [3.63, 3.8) is 0 Å². The van der Waals surface area contributed by atoms with Gasteiger partial charge in [0.1, 0.15) is 11.5 Å². The number of amides is 4. The van der Waals surface area contributed by atoms with Crippen molar-refractivity contribution in [1.29, 1.82) is 0 Å². The Morgan fingerprint density at radius 3 is 1.60 bits per heavy atom. The molecule has 2 heterocycles. The fourth-order valence-corrected chi connectivity index (χ4v) is 9.39. The van der Waals surface area contributed by atoms with E-state index in [1.165, 1.54) is 18.1 Å². The zero-order valence-corrected chi connectivity index (χ0v) is 30.8. The molecule has 2 saturated heterocycles. The van der Waals surface area contributed by atoms with E-state index in [1.807, 2.05) is 18.2 Å². The molecule has 1 saturated carbocycles. The molecule has 0 bridgehead atoms. The van der Waals surface area contributed by atoms with E-state index in [0.29, 0.717) is 44.9 Å². The van der Waals surface area contributed by atoms with Gasteiger partial charge in [-0.2, -0.15) is 0 Å². The van der Waals surface area contributed by atoms with Crippen LogP contribution in [0.15, 0.2) is 139 Å². The first-order chi connectivity index (χ1) is 27.7. The third-order valence-corrected chi connectivity index (χ3v) is 12.1. The molecular formula is C47H36N2O8. The summed E-state index contributed by atoms with van der Waals surface area (Å²) in [4.78, 5) is 86.3. The van der Waals surface area contributed by atoms with Crippen molar-refractivity contribution in [1.82, 2.24) is 0 Å². The highest BCUT2D eigenvalue weighted by Crippen LogP contribution is 2.59. The number of benzene rings is 5. The molecule has 5 aromatic carbocycles. The van der Waals surface area contributed by atoms with Gasteiger partial charge in [0.15, 0.2) is 11.6 Å². The summed E-state index contributed by atoms with van der Waals surface area (Å²) < 4.78 is 5.51. The maximum absolute atomic E-state index is 14.6. The number of imide groups is 2. The molecule has 6 atom stereocenters. The topological polar surface area (TPSA) is 138 Å². The summed E-state index contributed by atoms with van der Waals surface area (Å²) in [5.74, 6) is -6.44. The van der Waals surface area contributed by atoms with Crippen molar-refractivity contribution in [2.75, 3.05) is 16.9 Å². The van der Waals surface area contributed by atoms with Gasteiger partial charge in [-0.15, -0.1) is 0 Å². The average molecular weight is 757 g/mol. The van der Waals surface area contributed by atoms with Crippen LogP contribution < -0.4 is 14.5 Å². The number of aromatic hydroxyl groups is 1. The van der Waals surface area contributed by atoms with Crippen LogP contribution >= 0.6 is 0 Å². The zero-order chi connectivity index (χ0) is 39.5. The standard InChI is InChI=1S/C47H36N2O8/c1-57-32-20-23-38(50)36(24-32)39-33-21-22-34-40(46(55)48(44(34)53)30-16-12-28(13-17-30)42(51)26-8-4-2-5-9-26)35(33)25-37-41(39)47(56)49(45(37)54)31-18-14-29(15-19-31)43(52)27-10-6-3-7-11-27/h2-21,23-24,34-35,37,39-41,50H,22,25H2,1H3/t34-,35+,37+,39+,40-,41+/m0/s1. The van der Waals surface area contributed by atoms with Crippen molar-refractivity contribution in [3.05, 3.63) is 167 Å². The van der Waals surface area contributed by atoms with E-state index in [9.17, 15) is 33.9 Å². The first kappa shape index (κ1) is 35.7. The van der Waals surface area contributed by atoms with Crippen molar-refractivity contribution < 1.29 is 38.6 Å². The van der Waals surface area contributed by atoms with Crippen molar-refractivity contribution in [2.45, 2.75) is 18.8 Å². The summed E-state index contributed by atoms with van der Waals surface area (Å²) in [6, 6.07) is 35.1. The van der Waals surface area contributed by atoms with Crippen LogP contribution in [0, 0.1) is 29.6 Å². The monoisotopic (exact) mass is 756 g/mol. The quantitative estimate of drug-likeness (QED) is 0.103. The number of carbonyl (C=O) groups excluding carboxylic acids is 6. The van der Waals surface area contributed by atoms with Gasteiger partial charge in [0.25, 0.3) is 0 Å². The van der Waals surface area contributed by atoms with Gasteiger partial charge >= 0.3 is 0 Å². The second-order valence-electron chi connectivity index (χ2n) is 15.0. The number of hydrogen-bond acceptors (Lipinski definition) is 8.